The van der Waals surface area contributed by atoms with Crippen molar-refractivity contribution in [2.75, 3.05) is 0 Å². The summed E-state index contributed by atoms with van der Waals surface area (Å²) >= 11 is 1.16. The van der Waals surface area contributed by atoms with Crippen molar-refractivity contribution in [1.82, 2.24) is 18.9 Å². The van der Waals surface area contributed by atoms with E-state index in [0.717, 1.165) is 15.3 Å². The van der Waals surface area contributed by atoms with Crippen molar-refractivity contribution in [3.63, 3.8) is 0 Å². The Bertz CT molecular complexity index is 761. The first kappa shape index (κ1) is 10.4. The summed E-state index contributed by atoms with van der Waals surface area (Å²) in [6.45, 7) is 0. The second kappa shape index (κ2) is 3.60. The molecule has 3 heterocycles. The molecule has 8 heteroatoms. The second-order valence-corrected chi connectivity index (χ2v) is 6.20. The number of thiophene rings is 1. The van der Waals surface area contributed by atoms with Gasteiger partial charge >= 0.3 is 0 Å². The molecule has 3 rings (SSSR count). The van der Waals surface area contributed by atoms with Gasteiger partial charge in [0.25, 0.3) is 10.0 Å². The van der Waals surface area contributed by atoms with E-state index in [1.165, 1.54) is 18.9 Å². The molecule has 0 aliphatic heterocycles. The van der Waals surface area contributed by atoms with Gasteiger partial charge < -0.3 is 0 Å². The smallest absolute Gasteiger partial charge is 0.242 e. The van der Waals surface area contributed by atoms with E-state index in [-0.39, 0.29) is 4.21 Å². The average molecular weight is 266 g/mol. The number of fused-ring (bicyclic) bond motifs is 1. The molecule has 0 aliphatic carbocycles. The Morgan fingerprint density at radius 3 is 2.94 bits per heavy atom. The zero-order valence-corrected chi connectivity index (χ0v) is 10.0. The summed E-state index contributed by atoms with van der Waals surface area (Å²) < 4.78 is 25.9. The van der Waals surface area contributed by atoms with Crippen LogP contribution in [0.4, 0.5) is 0 Å². The molecule has 0 aromatic carbocycles. The summed E-state index contributed by atoms with van der Waals surface area (Å²) in [5, 5.41) is 1.71. The monoisotopic (exact) mass is 266 g/mol. The van der Waals surface area contributed by atoms with Crippen molar-refractivity contribution in [2.24, 2.45) is 0 Å². The number of rotatable bonds is 2. The summed E-state index contributed by atoms with van der Waals surface area (Å²) in [5.41, 5.74) is 0.737. The van der Waals surface area contributed by atoms with E-state index in [0.29, 0.717) is 11.2 Å². The lowest BCUT2D eigenvalue weighted by Gasteiger charge is -2.02. The molecule has 0 fully saturated rings. The molecular formula is C9H6N4O2S2. The Kier molecular flexibility index (Phi) is 2.20. The number of nitrogens with zero attached hydrogens (tertiary/aromatic N) is 4. The van der Waals surface area contributed by atoms with Gasteiger partial charge in [0.2, 0.25) is 0 Å². The first-order valence-corrected chi connectivity index (χ1v) is 6.94. The SMILES string of the molecule is O=S(=O)(c1cccs1)n1cnc2ncncc21. The first-order valence-electron chi connectivity index (χ1n) is 4.62. The minimum atomic E-state index is -3.59. The van der Waals surface area contributed by atoms with E-state index in [1.54, 1.807) is 17.5 Å². The van der Waals surface area contributed by atoms with E-state index >= 15 is 0 Å². The van der Waals surface area contributed by atoms with Crippen molar-refractivity contribution in [2.45, 2.75) is 4.21 Å². The summed E-state index contributed by atoms with van der Waals surface area (Å²) in [4.78, 5) is 11.6. The van der Waals surface area contributed by atoms with Crippen LogP contribution in [0.5, 0.6) is 0 Å². The first-order chi connectivity index (χ1) is 8.19. The molecule has 0 spiro atoms. The van der Waals surface area contributed by atoms with E-state index in [9.17, 15) is 8.42 Å². The quantitative estimate of drug-likeness (QED) is 0.694. The fourth-order valence-corrected chi connectivity index (χ4v) is 3.78. The van der Waals surface area contributed by atoms with Crippen LogP contribution in [0.2, 0.25) is 0 Å². The molecule has 0 amide bonds. The van der Waals surface area contributed by atoms with E-state index in [4.69, 9.17) is 0 Å². The molecule has 0 radical (unpaired) electrons. The van der Waals surface area contributed by atoms with Crippen LogP contribution in [-0.4, -0.2) is 27.3 Å². The minimum Gasteiger partial charge on any atom is -0.242 e. The highest BCUT2D eigenvalue weighted by Crippen LogP contribution is 2.22. The lowest BCUT2D eigenvalue weighted by atomic mass is 10.6. The van der Waals surface area contributed by atoms with Crippen LogP contribution < -0.4 is 0 Å². The van der Waals surface area contributed by atoms with Gasteiger partial charge in [-0.15, -0.1) is 11.3 Å². The standard InChI is InChI=1S/C9H6N4O2S2/c14-17(15,8-2-1-3-16-8)13-6-12-9-7(13)4-10-5-11-9/h1-6H. The summed E-state index contributed by atoms with van der Waals surface area (Å²) in [6.07, 6.45) is 4.01. The van der Waals surface area contributed by atoms with E-state index in [2.05, 4.69) is 15.0 Å². The van der Waals surface area contributed by atoms with Gasteiger partial charge in [-0.25, -0.2) is 18.9 Å². The molecule has 17 heavy (non-hydrogen) atoms. The van der Waals surface area contributed by atoms with Gasteiger partial charge in [-0.1, -0.05) is 6.07 Å². The van der Waals surface area contributed by atoms with Crippen molar-refractivity contribution in [3.05, 3.63) is 36.4 Å². The van der Waals surface area contributed by atoms with Crippen LogP contribution in [0.3, 0.4) is 0 Å². The lowest BCUT2D eigenvalue weighted by molar-refractivity contribution is 0.591. The second-order valence-electron chi connectivity index (χ2n) is 3.21. The van der Waals surface area contributed by atoms with Crippen LogP contribution in [0.1, 0.15) is 0 Å². The number of hydrogen-bond acceptors (Lipinski definition) is 6. The molecular weight excluding hydrogens is 260 g/mol. The Labute approximate surface area is 101 Å². The Hall–Kier alpha value is -1.80. The van der Waals surface area contributed by atoms with E-state index < -0.39 is 10.0 Å². The van der Waals surface area contributed by atoms with Crippen LogP contribution in [-0.2, 0) is 10.0 Å². The maximum absolute atomic E-state index is 12.2. The van der Waals surface area contributed by atoms with Gasteiger partial charge in [0.05, 0.1) is 6.20 Å². The highest BCUT2D eigenvalue weighted by molar-refractivity contribution is 7.92. The predicted molar refractivity (Wildman–Crippen MR) is 62.2 cm³/mol. The Morgan fingerprint density at radius 2 is 2.18 bits per heavy atom. The minimum absolute atomic E-state index is 0.264. The topological polar surface area (TPSA) is 77.7 Å². The van der Waals surface area contributed by atoms with Crippen LogP contribution in [0.25, 0.3) is 11.2 Å². The molecule has 0 aliphatic rings. The van der Waals surface area contributed by atoms with Gasteiger partial charge in [0, 0.05) is 0 Å². The molecule has 0 atom stereocenters. The summed E-state index contributed by atoms with van der Waals surface area (Å²) in [7, 11) is -3.59. The van der Waals surface area contributed by atoms with Crippen molar-refractivity contribution >= 4 is 32.5 Å². The number of hydrogen-bond donors (Lipinski definition) is 0. The van der Waals surface area contributed by atoms with Crippen LogP contribution >= 0.6 is 11.3 Å². The third kappa shape index (κ3) is 1.53. The lowest BCUT2D eigenvalue weighted by Crippen LogP contribution is -2.10. The average Bonchev–Trinajstić information content (AvgIpc) is 2.99. The van der Waals surface area contributed by atoms with Crippen molar-refractivity contribution in [3.8, 4) is 0 Å². The van der Waals surface area contributed by atoms with Crippen LogP contribution in [0.15, 0.2) is 40.6 Å². The molecule has 3 aromatic heterocycles. The molecule has 6 nitrogen and oxygen atoms in total. The molecule has 0 bridgehead atoms. The number of aromatic nitrogens is 4. The summed E-state index contributed by atoms with van der Waals surface area (Å²) in [5.74, 6) is 0. The van der Waals surface area contributed by atoms with Crippen molar-refractivity contribution in [1.29, 1.82) is 0 Å². The third-order valence-corrected chi connectivity index (χ3v) is 5.24. The highest BCUT2D eigenvalue weighted by Gasteiger charge is 2.20. The van der Waals surface area contributed by atoms with Gasteiger partial charge in [-0.2, -0.15) is 8.42 Å². The van der Waals surface area contributed by atoms with Gasteiger partial charge in [0.1, 0.15) is 22.4 Å². The highest BCUT2D eigenvalue weighted by atomic mass is 32.2. The van der Waals surface area contributed by atoms with Crippen LogP contribution in [0, 0.1) is 0 Å². The van der Waals surface area contributed by atoms with Gasteiger partial charge in [0.15, 0.2) is 5.65 Å². The maximum atomic E-state index is 12.2. The fourth-order valence-electron chi connectivity index (χ4n) is 1.44. The third-order valence-electron chi connectivity index (χ3n) is 2.20. The zero-order valence-electron chi connectivity index (χ0n) is 8.39. The molecule has 86 valence electrons. The fraction of sp³-hybridized carbons (Fsp3) is 0. The van der Waals surface area contributed by atoms with Gasteiger partial charge in [-0.3, -0.25) is 0 Å². The van der Waals surface area contributed by atoms with Gasteiger partial charge in [-0.05, 0) is 11.4 Å². The Balaban J connectivity index is 2.30. The maximum Gasteiger partial charge on any atom is 0.279 e. The predicted octanol–water partition coefficient (Wildman–Crippen LogP) is 1.12. The van der Waals surface area contributed by atoms with E-state index in [1.807, 2.05) is 0 Å². The number of imidazole rings is 1. The normalized spacial score (nSPS) is 12.0. The molecule has 0 N–H and O–H groups in total. The molecule has 3 aromatic rings. The molecule has 0 unspecified atom stereocenters. The van der Waals surface area contributed by atoms with Crippen molar-refractivity contribution < 1.29 is 8.42 Å². The molecule has 0 saturated carbocycles. The Morgan fingerprint density at radius 1 is 1.29 bits per heavy atom. The zero-order chi connectivity index (χ0) is 11.9. The summed E-state index contributed by atoms with van der Waals surface area (Å²) in [6, 6.07) is 3.24. The largest absolute Gasteiger partial charge is 0.279 e. The molecule has 0 saturated heterocycles.